The Balaban J connectivity index is 2.02. The molecule has 1 aliphatic heterocycles. The monoisotopic (exact) mass is 318 g/mol. The molecule has 0 aromatic heterocycles. The van der Waals surface area contributed by atoms with Gasteiger partial charge in [-0.1, -0.05) is 32.0 Å². The van der Waals surface area contributed by atoms with E-state index in [1.165, 1.54) is 0 Å². The molecule has 0 spiro atoms. The van der Waals surface area contributed by atoms with Gasteiger partial charge in [0.15, 0.2) is 0 Å². The molecular weight excluding hydrogens is 292 g/mol. The molecule has 1 N–H and O–H groups in total. The highest BCUT2D eigenvalue weighted by atomic mass is 16.5. The van der Waals surface area contributed by atoms with Crippen molar-refractivity contribution in [2.75, 3.05) is 19.8 Å². The third-order valence-corrected chi connectivity index (χ3v) is 3.63. The Morgan fingerprint density at radius 1 is 1.43 bits per heavy atom. The molecule has 1 atom stereocenters. The van der Waals surface area contributed by atoms with Crippen LogP contribution in [0.5, 0.6) is 0 Å². The predicted molar refractivity (Wildman–Crippen MR) is 90.7 cm³/mol. The molecule has 2 rings (SSSR count). The number of ether oxygens (including phenoxy) is 2. The number of nitrogens with zero attached hydrogens (tertiary/aromatic N) is 1. The number of hydrogen-bond acceptors (Lipinski definition) is 4. The topological polar surface area (TPSA) is 59.9 Å². The Morgan fingerprint density at radius 2 is 2.22 bits per heavy atom. The fraction of sp³-hybridized carbons (Fsp3) is 0.556. The zero-order chi connectivity index (χ0) is 16.7. The Labute approximate surface area is 138 Å². The van der Waals surface area contributed by atoms with Gasteiger partial charge in [0.25, 0.3) is 11.9 Å². The van der Waals surface area contributed by atoms with E-state index in [2.05, 4.69) is 24.2 Å². The van der Waals surface area contributed by atoms with E-state index in [-0.39, 0.29) is 18.0 Å². The van der Waals surface area contributed by atoms with Crippen molar-refractivity contribution in [1.29, 1.82) is 0 Å². The number of amidine groups is 1. The number of aliphatic imine (C=N–C) groups is 1. The van der Waals surface area contributed by atoms with Crippen molar-refractivity contribution in [3.63, 3.8) is 0 Å². The zero-order valence-corrected chi connectivity index (χ0v) is 14.2. The number of nitrogens with one attached hydrogen (secondary N) is 1. The van der Waals surface area contributed by atoms with Gasteiger partial charge in [-0.05, 0) is 37.3 Å². The van der Waals surface area contributed by atoms with E-state index < -0.39 is 0 Å². The standard InChI is InChI=1S/C18H26N2O3/c1-13(2)12-23-18(19-11-15-8-6-10-22-15)20-17(21)16-9-5-4-7-14(16)3/h4-5,7,9,13,15H,6,8,10-12H2,1-3H3,(H,19,20,21). The largest absolute Gasteiger partial charge is 0.465 e. The summed E-state index contributed by atoms with van der Waals surface area (Å²) < 4.78 is 11.2. The quantitative estimate of drug-likeness (QED) is 0.671. The second-order valence-electron chi connectivity index (χ2n) is 6.25. The molecule has 5 nitrogen and oxygen atoms in total. The zero-order valence-electron chi connectivity index (χ0n) is 14.2. The number of carbonyl (C=O) groups is 1. The molecule has 1 amide bonds. The van der Waals surface area contributed by atoms with Crippen molar-refractivity contribution in [3.05, 3.63) is 35.4 Å². The molecule has 0 saturated carbocycles. The summed E-state index contributed by atoms with van der Waals surface area (Å²) in [5.74, 6) is 0.163. The molecule has 5 heteroatoms. The van der Waals surface area contributed by atoms with Crippen LogP contribution in [-0.4, -0.2) is 37.8 Å². The summed E-state index contributed by atoms with van der Waals surface area (Å²) in [6.07, 6.45) is 2.20. The molecule has 1 unspecified atom stereocenters. The molecule has 1 heterocycles. The van der Waals surface area contributed by atoms with Gasteiger partial charge in [0.1, 0.15) is 0 Å². The van der Waals surface area contributed by atoms with Gasteiger partial charge < -0.3 is 9.47 Å². The smallest absolute Gasteiger partial charge is 0.291 e. The lowest BCUT2D eigenvalue weighted by atomic mass is 10.1. The van der Waals surface area contributed by atoms with Gasteiger partial charge >= 0.3 is 0 Å². The molecule has 1 fully saturated rings. The Kier molecular flexibility index (Phi) is 6.59. The summed E-state index contributed by atoms with van der Waals surface area (Å²) in [7, 11) is 0. The van der Waals surface area contributed by atoms with Crippen molar-refractivity contribution in [2.45, 2.75) is 39.7 Å². The molecule has 1 aromatic rings. The van der Waals surface area contributed by atoms with E-state index in [9.17, 15) is 4.79 Å². The first-order chi connectivity index (χ1) is 11.1. The first-order valence-electron chi connectivity index (χ1n) is 8.22. The first kappa shape index (κ1) is 17.5. The van der Waals surface area contributed by atoms with Crippen LogP contribution in [0.2, 0.25) is 0 Å². The van der Waals surface area contributed by atoms with E-state index in [0.29, 0.717) is 24.6 Å². The SMILES string of the molecule is Cc1ccccc1C(=O)NC(=NCC1CCCO1)OCC(C)C. The highest BCUT2D eigenvalue weighted by Gasteiger charge is 2.17. The lowest BCUT2D eigenvalue weighted by Gasteiger charge is -2.14. The highest BCUT2D eigenvalue weighted by molar-refractivity contribution is 6.04. The van der Waals surface area contributed by atoms with Crippen molar-refractivity contribution < 1.29 is 14.3 Å². The van der Waals surface area contributed by atoms with Gasteiger partial charge in [0.2, 0.25) is 0 Å². The summed E-state index contributed by atoms with van der Waals surface area (Å²) in [5, 5.41) is 2.79. The van der Waals surface area contributed by atoms with E-state index in [0.717, 1.165) is 25.0 Å². The van der Waals surface area contributed by atoms with Crippen LogP contribution in [0.1, 0.15) is 42.6 Å². The molecule has 1 aromatic carbocycles. The fourth-order valence-electron chi connectivity index (χ4n) is 2.33. The van der Waals surface area contributed by atoms with Crippen LogP contribution in [0.4, 0.5) is 0 Å². The second-order valence-corrected chi connectivity index (χ2v) is 6.25. The number of amides is 1. The number of hydrogen-bond donors (Lipinski definition) is 1. The Hall–Kier alpha value is -1.88. The number of rotatable bonds is 5. The van der Waals surface area contributed by atoms with Crippen LogP contribution in [0.25, 0.3) is 0 Å². The normalized spacial score (nSPS) is 18.3. The lowest BCUT2D eigenvalue weighted by Crippen LogP contribution is -2.34. The third-order valence-electron chi connectivity index (χ3n) is 3.63. The van der Waals surface area contributed by atoms with Crippen LogP contribution >= 0.6 is 0 Å². The molecule has 1 aliphatic rings. The molecule has 1 saturated heterocycles. The summed E-state index contributed by atoms with van der Waals surface area (Å²) in [6, 6.07) is 7.74. The summed E-state index contributed by atoms with van der Waals surface area (Å²) in [6.45, 7) is 7.84. The molecule has 126 valence electrons. The molecule has 23 heavy (non-hydrogen) atoms. The van der Waals surface area contributed by atoms with Crippen LogP contribution in [-0.2, 0) is 9.47 Å². The van der Waals surface area contributed by atoms with E-state index in [4.69, 9.17) is 9.47 Å². The lowest BCUT2D eigenvalue weighted by molar-refractivity contribution is 0.0959. The van der Waals surface area contributed by atoms with Crippen LogP contribution in [0.3, 0.4) is 0 Å². The number of carbonyl (C=O) groups excluding carboxylic acids is 1. The van der Waals surface area contributed by atoms with Gasteiger partial charge in [-0.15, -0.1) is 0 Å². The van der Waals surface area contributed by atoms with Gasteiger partial charge in [-0.25, -0.2) is 4.99 Å². The van der Waals surface area contributed by atoms with Crippen molar-refractivity contribution in [3.8, 4) is 0 Å². The van der Waals surface area contributed by atoms with Crippen molar-refractivity contribution in [1.82, 2.24) is 5.32 Å². The number of benzene rings is 1. The minimum atomic E-state index is -0.196. The average molecular weight is 318 g/mol. The maximum absolute atomic E-state index is 12.4. The van der Waals surface area contributed by atoms with Gasteiger partial charge in [0.05, 0.1) is 19.3 Å². The maximum atomic E-state index is 12.4. The third kappa shape index (κ3) is 5.67. The van der Waals surface area contributed by atoms with Crippen molar-refractivity contribution in [2.24, 2.45) is 10.9 Å². The summed E-state index contributed by atoms with van der Waals surface area (Å²) in [5.41, 5.74) is 1.55. The molecule has 0 bridgehead atoms. The average Bonchev–Trinajstić information content (AvgIpc) is 3.03. The van der Waals surface area contributed by atoms with Gasteiger partial charge in [-0.3, -0.25) is 10.1 Å². The predicted octanol–water partition coefficient (Wildman–Crippen LogP) is 2.93. The fourth-order valence-corrected chi connectivity index (χ4v) is 2.33. The molecule has 0 aliphatic carbocycles. The Morgan fingerprint density at radius 3 is 2.87 bits per heavy atom. The summed E-state index contributed by atoms with van der Waals surface area (Å²) >= 11 is 0. The van der Waals surface area contributed by atoms with E-state index in [1.807, 2.05) is 25.1 Å². The maximum Gasteiger partial charge on any atom is 0.291 e. The minimum Gasteiger partial charge on any atom is -0.465 e. The van der Waals surface area contributed by atoms with Crippen LogP contribution < -0.4 is 5.32 Å². The van der Waals surface area contributed by atoms with Gasteiger partial charge in [0, 0.05) is 12.2 Å². The van der Waals surface area contributed by atoms with Crippen molar-refractivity contribution >= 4 is 11.9 Å². The first-order valence-corrected chi connectivity index (χ1v) is 8.22. The Bertz CT molecular complexity index is 549. The second kappa shape index (κ2) is 8.67. The van der Waals surface area contributed by atoms with Crippen LogP contribution in [0.15, 0.2) is 29.3 Å². The van der Waals surface area contributed by atoms with E-state index in [1.54, 1.807) is 6.07 Å². The number of aryl methyl sites for hydroxylation is 1. The van der Waals surface area contributed by atoms with Gasteiger partial charge in [-0.2, -0.15) is 0 Å². The van der Waals surface area contributed by atoms with E-state index >= 15 is 0 Å². The summed E-state index contributed by atoms with van der Waals surface area (Å²) in [4.78, 5) is 16.8. The molecular formula is C18H26N2O3. The minimum absolute atomic E-state index is 0.128. The molecule has 0 radical (unpaired) electrons. The van der Waals surface area contributed by atoms with Crippen LogP contribution in [0, 0.1) is 12.8 Å². The highest BCUT2D eigenvalue weighted by Crippen LogP contribution is 2.12.